The molecule has 1 unspecified atom stereocenters. The largest absolute Gasteiger partial charge is 0.381 e. The lowest BCUT2D eigenvalue weighted by Crippen LogP contribution is -2.35. The van der Waals surface area contributed by atoms with Crippen molar-refractivity contribution in [3.8, 4) is 0 Å². The fourth-order valence-electron chi connectivity index (χ4n) is 1.44. The van der Waals surface area contributed by atoms with Crippen LogP contribution in [0.15, 0.2) is 0 Å². The van der Waals surface area contributed by atoms with Crippen molar-refractivity contribution >= 4 is 17.5 Å². The minimum atomic E-state index is -0.0866. The van der Waals surface area contributed by atoms with E-state index in [1.54, 1.807) is 0 Å². The molecule has 0 aromatic rings. The van der Waals surface area contributed by atoms with Crippen molar-refractivity contribution in [3.05, 3.63) is 0 Å². The zero-order chi connectivity index (χ0) is 10.4. The van der Waals surface area contributed by atoms with Crippen LogP contribution in [0.25, 0.3) is 0 Å². The van der Waals surface area contributed by atoms with E-state index in [1.165, 1.54) is 0 Å². The topological polar surface area (TPSA) is 38.3 Å². The van der Waals surface area contributed by atoms with Crippen LogP contribution >= 0.6 is 11.6 Å². The SMILES string of the molecule is CC(CCl)C(=O)NCC1CCOCC1. The van der Waals surface area contributed by atoms with Gasteiger partial charge < -0.3 is 10.1 Å². The molecule has 82 valence electrons. The van der Waals surface area contributed by atoms with Crippen LogP contribution in [-0.2, 0) is 9.53 Å². The number of halogens is 1. The normalized spacial score (nSPS) is 20.4. The van der Waals surface area contributed by atoms with E-state index in [0.29, 0.717) is 11.8 Å². The van der Waals surface area contributed by atoms with Gasteiger partial charge in [-0.3, -0.25) is 4.79 Å². The summed E-state index contributed by atoms with van der Waals surface area (Å²) in [6.45, 7) is 4.26. The highest BCUT2D eigenvalue weighted by atomic mass is 35.5. The van der Waals surface area contributed by atoms with Crippen LogP contribution in [0.1, 0.15) is 19.8 Å². The van der Waals surface area contributed by atoms with E-state index in [0.717, 1.165) is 32.6 Å². The maximum Gasteiger partial charge on any atom is 0.224 e. The van der Waals surface area contributed by atoms with Crippen LogP contribution in [-0.4, -0.2) is 31.5 Å². The summed E-state index contributed by atoms with van der Waals surface area (Å²) in [4.78, 5) is 11.4. The molecule has 0 saturated carbocycles. The Morgan fingerprint density at radius 3 is 2.79 bits per heavy atom. The Labute approximate surface area is 90.1 Å². The molecule has 4 heteroatoms. The minimum absolute atomic E-state index is 0.0616. The fourth-order valence-corrected chi connectivity index (χ4v) is 1.58. The van der Waals surface area contributed by atoms with Crippen molar-refractivity contribution in [2.75, 3.05) is 25.6 Å². The van der Waals surface area contributed by atoms with Gasteiger partial charge in [-0.15, -0.1) is 11.6 Å². The molecule has 1 aliphatic heterocycles. The monoisotopic (exact) mass is 219 g/mol. The summed E-state index contributed by atoms with van der Waals surface area (Å²) >= 11 is 5.59. The first-order valence-corrected chi connectivity index (χ1v) is 5.69. The molecule has 1 heterocycles. The average Bonchev–Trinajstić information content (AvgIpc) is 2.26. The van der Waals surface area contributed by atoms with Crippen molar-refractivity contribution in [1.29, 1.82) is 0 Å². The average molecular weight is 220 g/mol. The Morgan fingerprint density at radius 1 is 1.57 bits per heavy atom. The molecule has 1 aliphatic rings. The van der Waals surface area contributed by atoms with Gasteiger partial charge in [-0.2, -0.15) is 0 Å². The van der Waals surface area contributed by atoms with Crippen molar-refractivity contribution < 1.29 is 9.53 Å². The third-order valence-electron chi connectivity index (χ3n) is 2.58. The Kier molecular flexibility index (Phi) is 5.26. The van der Waals surface area contributed by atoms with Crippen molar-refractivity contribution in [2.24, 2.45) is 11.8 Å². The Balaban J connectivity index is 2.15. The van der Waals surface area contributed by atoms with E-state index in [2.05, 4.69) is 5.32 Å². The number of hydrogen-bond acceptors (Lipinski definition) is 2. The minimum Gasteiger partial charge on any atom is -0.381 e. The van der Waals surface area contributed by atoms with Gasteiger partial charge in [-0.1, -0.05) is 6.92 Å². The Bertz CT molecular complexity index is 181. The molecule has 0 radical (unpaired) electrons. The molecular formula is C10H18ClNO2. The summed E-state index contributed by atoms with van der Waals surface area (Å²) in [5, 5.41) is 2.92. The molecule has 3 nitrogen and oxygen atoms in total. The first kappa shape index (κ1) is 11.8. The van der Waals surface area contributed by atoms with Crippen LogP contribution < -0.4 is 5.32 Å². The quantitative estimate of drug-likeness (QED) is 0.726. The van der Waals surface area contributed by atoms with Crippen molar-refractivity contribution in [3.63, 3.8) is 0 Å². The molecule has 1 amide bonds. The first-order chi connectivity index (χ1) is 6.74. The summed E-state index contributed by atoms with van der Waals surface area (Å²) in [5.41, 5.74) is 0. The molecule has 0 aromatic carbocycles. The van der Waals surface area contributed by atoms with Gasteiger partial charge in [0.2, 0.25) is 5.91 Å². The van der Waals surface area contributed by atoms with Gasteiger partial charge in [0.1, 0.15) is 0 Å². The van der Waals surface area contributed by atoms with Gasteiger partial charge in [-0.25, -0.2) is 0 Å². The smallest absolute Gasteiger partial charge is 0.224 e. The predicted molar refractivity (Wildman–Crippen MR) is 56.4 cm³/mol. The summed E-state index contributed by atoms with van der Waals surface area (Å²) in [6, 6.07) is 0. The molecule has 0 aromatic heterocycles. The van der Waals surface area contributed by atoms with Crippen molar-refractivity contribution in [2.45, 2.75) is 19.8 Å². The van der Waals surface area contributed by atoms with Gasteiger partial charge in [0.05, 0.1) is 0 Å². The number of nitrogens with one attached hydrogen (secondary N) is 1. The summed E-state index contributed by atoms with van der Waals surface area (Å²) in [5.74, 6) is 0.942. The van der Waals surface area contributed by atoms with E-state index >= 15 is 0 Å². The van der Waals surface area contributed by atoms with Gasteiger partial charge in [0.15, 0.2) is 0 Å². The second-order valence-electron chi connectivity index (χ2n) is 3.86. The molecule has 0 aliphatic carbocycles. The lowest BCUT2D eigenvalue weighted by molar-refractivity contribution is -0.124. The van der Waals surface area contributed by atoms with E-state index in [4.69, 9.17) is 16.3 Å². The van der Waals surface area contributed by atoms with Gasteiger partial charge >= 0.3 is 0 Å². The van der Waals surface area contributed by atoms with Crippen LogP contribution in [0.3, 0.4) is 0 Å². The van der Waals surface area contributed by atoms with Crippen LogP contribution in [0.5, 0.6) is 0 Å². The van der Waals surface area contributed by atoms with E-state index in [1.807, 2.05) is 6.92 Å². The molecular weight excluding hydrogens is 202 g/mol. The number of carbonyl (C=O) groups excluding carboxylic acids is 1. The molecule has 0 spiro atoms. The zero-order valence-electron chi connectivity index (χ0n) is 8.59. The number of carbonyl (C=O) groups is 1. The zero-order valence-corrected chi connectivity index (χ0v) is 9.35. The summed E-state index contributed by atoms with van der Waals surface area (Å²) in [6.07, 6.45) is 2.10. The van der Waals surface area contributed by atoms with E-state index < -0.39 is 0 Å². The first-order valence-electron chi connectivity index (χ1n) is 5.15. The number of alkyl halides is 1. The molecule has 1 rings (SSSR count). The second kappa shape index (κ2) is 6.25. The predicted octanol–water partition coefficient (Wildman–Crippen LogP) is 1.40. The molecule has 0 bridgehead atoms. The van der Waals surface area contributed by atoms with E-state index in [9.17, 15) is 4.79 Å². The van der Waals surface area contributed by atoms with Crippen LogP contribution in [0.2, 0.25) is 0 Å². The molecule has 14 heavy (non-hydrogen) atoms. The van der Waals surface area contributed by atoms with Crippen LogP contribution in [0.4, 0.5) is 0 Å². The highest BCUT2D eigenvalue weighted by Gasteiger charge is 2.16. The number of ether oxygens (including phenoxy) is 1. The van der Waals surface area contributed by atoms with E-state index in [-0.39, 0.29) is 11.8 Å². The highest BCUT2D eigenvalue weighted by molar-refractivity contribution is 6.19. The summed E-state index contributed by atoms with van der Waals surface area (Å²) in [7, 11) is 0. The summed E-state index contributed by atoms with van der Waals surface area (Å²) < 4.78 is 5.24. The molecule has 1 N–H and O–H groups in total. The third-order valence-corrected chi connectivity index (χ3v) is 3.05. The van der Waals surface area contributed by atoms with Crippen LogP contribution in [0, 0.1) is 11.8 Å². The fraction of sp³-hybridized carbons (Fsp3) is 0.900. The number of amides is 1. The maximum atomic E-state index is 11.4. The lowest BCUT2D eigenvalue weighted by Gasteiger charge is -2.22. The standard InChI is InChI=1S/C10H18ClNO2/c1-8(6-11)10(13)12-7-9-2-4-14-5-3-9/h8-9H,2-7H2,1H3,(H,12,13). The maximum absolute atomic E-state index is 11.4. The number of hydrogen-bond donors (Lipinski definition) is 1. The number of rotatable bonds is 4. The molecule has 1 atom stereocenters. The van der Waals surface area contributed by atoms with Gasteiger partial charge in [0.25, 0.3) is 0 Å². The molecule has 1 fully saturated rings. The Hall–Kier alpha value is -0.280. The lowest BCUT2D eigenvalue weighted by atomic mass is 10.0. The van der Waals surface area contributed by atoms with Gasteiger partial charge in [0, 0.05) is 31.6 Å². The Morgan fingerprint density at radius 2 is 2.21 bits per heavy atom. The second-order valence-corrected chi connectivity index (χ2v) is 4.16. The third kappa shape index (κ3) is 3.84. The van der Waals surface area contributed by atoms with Crippen molar-refractivity contribution in [1.82, 2.24) is 5.32 Å². The highest BCUT2D eigenvalue weighted by Crippen LogP contribution is 2.13. The molecule has 1 saturated heterocycles. The van der Waals surface area contributed by atoms with Gasteiger partial charge in [-0.05, 0) is 18.8 Å².